The Morgan fingerprint density at radius 2 is 1.29 bits per heavy atom. The average Bonchev–Trinajstić information content (AvgIpc) is 3.21. The summed E-state index contributed by atoms with van der Waals surface area (Å²) in [5.74, 6) is 1.95. The van der Waals surface area contributed by atoms with E-state index < -0.39 is 5.97 Å². The van der Waals surface area contributed by atoms with Gasteiger partial charge in [-0.05, 0) is 47.0 Å². The molecule has 152 valence electrons. The van der Waals surface area contributed by atoms with Gasteiger partial charge in [-0.1, -0.05) is 79.4 Å². The Labute approximate surface area is 182 Å². The molecule has 0 saturated heterocycles. The molecule has 4 aromatic rings. The molecule has 0 unspecified atom stereocenters. The van der Waals surface area contributed by atoms with Crippen LogP contribution in [-0.2, 0) is 11.2 Å². The largest absolute Gasteiger partial charge is 0.457 e. The molecule has 0 amide bonds. The lowest BCUT2D eigenvalue weighted by atomic mass is 10.1. The van der Waals surface area contributed by atoms with Gasteiger partial charge in [-0.3, -0.25) is 0 Å². The molecule has 1 aliphatic rings. The molecule has 0 radical (unpaired) electrons. The second kappa shape index (κ2) is 9.59. The molecule has 0 heterocycles. The summed E-state index contributed by atoms with van der Waals surface area (Å²) in [6.45, 7) is 3.42. The second-order valence-corrected chi connectivity index (χ2v) is 6.97. The van der Waals surface area contributed by atoms with Crippen LogP contribution in [0.5, 0.6) is 17.2 Å². The Hall–Kier alpha value is -4.11. The molecule has 0 aromatic heterocycles. The van der Waals surface area contributed by atoms with Crippen molar-refractivity contribution < 1.29 is 14.3 Å². The minimum absolute atomic E-state index is 0.417. The number of carbonyl (C=O) groups is 1. The highest BCUT2D eigenvalue weighted by Gasteiger charge is 2.21. The van der Waals surface area contributed by atoms with Gasteiger partial charge in [0.2, 0.25) is 0 Å². The Morgan fingerprint density at radius 3 is 1.94 bits per heavy atom. The minimum Gasteiger partial charge on any atom is -0.457 e. The highest BCUT2D eigenvalue weighted by Crippen LogP contribution is 2.40. The van der Waals surface area contributed by atoms with Crippen molar-refractivity contribution in [2.75, 3.05) is 0 Å². The van der Waals surface area contributed by atoms with Gasteiger partial charge < -0.3 is 9.47 Å². The van der Waals surface area contributed by atoms with Gasteiger partial charge in [-0.25, -0.2) is 4.79 Å². The Bertz CT molecular complexity index is 1140. The first kappa shape index (κ1) is 20.2. The van der Waals surface area contributed by atoms with E-state index in [0.29, 0.717) is 5.75 Å². The first-order valence-corrected chi connectivity index (χ1v) is 10.1. The van der Waals surface area contributed by atoms with E-state index >= 15 is 0 Å². The molecule has 1 aliphatic carbocycles. The quantitative estimate of drug-likeness (QED) is 0.186. The second-order valence-electron chi connectivity index (χ2n) is 6.97. The first-order valence-electron chi connectivity index (χ1n) is 10.1. The van der Waals surface area contributed by atoms with E-state index in [1.807, 2.05) is 84.9 Å². The van der Waals surface area contributed by atoms with E-state index in [9.17, 15) is 4.79 Å². The fraction of sp³-hybridized carbons (Fsp3) is 0.0357. The first-order chi connectivity index (χ1) is 15.2. The van der Waals surface area contributed by atoms with Crippen LogP contribution in [0.25, 0.3) is 11.1 Å². The molecule has 5 rings (SSSR count). The number of fused-ring (bicyclic) bond motifs is 3. The number of ether oxygens (including phenoxy) is 2. The summed E-state index contributed by atoms with van der Waals surface area (Å²) >= 11 is 0. The van der Waals surface area contributed by atoms with Gasteiger partial charge in [0.05, 0.1) is 0 Å². The van der Waals surface area contributed by atoms with E-state index in [0.717, 1.165) is 29.0 Å². The Morgan fingerprint density at radius 1 is 0.710 bits per heavy atom. The molecule has 0 saturated carbocycles. The van der Waals surface area contributed by atoms with Crippen molar-refractivity contribution in [3.63, 3.8) is 0 Å². The number of rotatable bonds is 4. The average molecular weight is 406 g/mol. The van der Waals surface area contributed by atoms with Crippen molar-refractivity contribution in [3.05, 3.63) is 127 Å². The highest BCUT2D eigenvalue weighted by molar-refractivity contribution is 5.85. The Kier molecular flexibility index (Phi) is 6.24. The molecule has 4 aromatic carbocycles. The van der Waals surface area contributed by atoms with Gasteiger partial charge in [-0.15, -0.1) is 0 Å². The molecule has 3 nitrogen and oxygen atoms in total. The maximum absolute atomic E-state index is 11.3. The number of para-hydroxylation sites is 2. The number of benzene rings is 4. The predicted octanol–water partition coefficient (Wildman–Crippen LogP) is 6.83. The zero-order chi connectivity index (χ0) is 21.5. The molecule has 0 atom stereocenters. The summed E-state index contributed by atoms with van der Waals surface area (Å²) in [5, 5.41) is 0. The van der Waals surface area contributed by atoms with Crippen LogP contribution in [0.3, 0.4) is 0 Å². The predicted molar refractivity (Wildman–Crippen MR) is 123 cm³/mol. The maximum Gasteiger partial charge on any atom is 0.335 e. The van der Waals surface area contributed by atoms with E-state index in [1.54, 1.807) is 0 Å². The molecule has 0 bridgehead atoms. The number of carbonyl (C=O) groups excluding carboxylic acids is 1. The van der Waals surface area contributed by atoms with Crippen LogP contribution in [0.1, 0.15) is 11.1 Å². The van der Waals surface area contributed by atoms with Gasteiger partial charge in [0.15, 0.2) is 0 Å². The van der Waals surface area contributed by atoms with Crippen molar-refractivity contribution in [2.45, 2.75) is 6.42 Å². The topological polar surface area (TPSA) is 35.5 Å². The van der Waals surface area contributed by atoms with Gasteiger partial charge >= 0.3 is 5.97 Å². The fourth-order valence-corrected chi connectivity index (χ4v) is 3.49. The molecule has 31 heavy (non-hydrogen) atoms. The van der Waals surface area contributed by atoms with Crippen molar-refractivity contribution in [3.8, 4) is 28.4 Å². The van der Waals surface area contributed by atoms with Crippen LogP contribution in [-0.4, -0.2) is 5.97 Å². The normalized spacial score (nSPS) is 10.7. The molecule has 0 spiro atoms. The summed E-state index contributed by atoms with van der Waals surface area (Å²) in [6, 6.07) is 33.6. The third-order valence-corrected chi connectivity index (χ3v) is 4.91. The fourth-order valence-electron chi connectivity index (χ4n) is 3.49. The molecular weight excluding hydrogens is 384 g/mol. The van der Waals surface area contributed by atoms with E-state index in [2.05, 4.69) is 24.8 Å². The van der Waals surface area contributed by atoms with Crippen LogP contribution in [0.2, 0.25) is 0 Å². The van der Waals surface area contributed by atoms with Gasteiger partial charge in [0.1, 0.15) is 17.2 Å². The smallest absolute Gasteiger partial charge is 0.335 e. The van der Waals surface area contributed by atoms with Crippen LogP contribution < -0.4 is 9.47 Å². The summed E-state index contributed by atoms with van der Waals surface area (Å²) in [7, 11) is 0. The lowest BCUT2D eigenvalue weighted by Gasteiger charge is -2.07. The third kappa shape index (κ3) is 4.90. The van der Waals surface area contributed by atoms with Crippen molar-refractivity contribution in [1.82, 2.24) is 0 Å². The van der Waals surface area contributed by atoms with Crippen LogP contribution in [0.15, 0.2) is 116 Å². The van der Waals surface area contributed by atoms with E-state index in [1.165, 1.54) is 17.2 Å². The summed E-state index contributed by atoms with van der Waals surface area (Å²) in [6.07, 6.45) is 1.99. The van der Waals surface area contributed by atoms with E-state index in [-0.39, 0.29) is 0 Å². The molecular formula is C28H22O3. The van der Waals surface area contributed by atoms with Gasteiger partial charge in [-0.2, -0.15) is 0 Å². The highest BCUT2D eigenvalue weighted by atomic mass is 16.5. The minimum atomic E-state index is -0.417. The summed E-state index contributed by atoms with van der Waals surface area (Å²) in [4.78, 5) is 11.3. The standard InChI is InChI=1S/C16H12O2.C12H10O/c1-2-16(17)18-15-9-5-8-13-12-7-4-3-6-11(12)10-14(13)15;1-3-7-11(8-4-1)13-12-9-5-2-6-10-12/h2-9H,1,10H2;1-10H. The van der Waals surface area contributed by atoms with Crippen molar-refractivity contribution >= 4 is 5.97 Å². The summed E-state index contributed by atoms with van der Waals surface area (Å²) < 4.78 is 10.9. The zero-order valence-corrected chi connectivity index (χ0v) is 17.0. The maximum atomic E-state index is 11.3. The van der Waals surface area contributed by atoms with Crippen molar-refractivity contribution in [1.29, 1.82) is 0 Å². The Balaban J connectivity index is 0.000000158. The lowest BCUT2D eigenvalue weighted by Crippen LogP contribution is -2.04. The van der Waals surface area contributed by atoms with Crippen molar-refractivity contribution in [2.24, 2.45) is 0 Å². The third-order valence-electron chi connectivity index (χ3n) is 4.91. The number of hydrogen-bond donors (Lipinski definition) is 0. The van der Waals surface area contributed by atoms with Gasteiger partial charge in [0, 0.05) is 18.1 Å². The number of hydrogen-bond acceptors (Lipinski definition) is 3. The number of esters is 1. The van der Waals surface area contributed by atoms with Crippen LogP contribution in [0.4, 0.5) is 0 Å². The SMILES string of the molecule is C=CC(=O)Oc1cccc2c1Cc1ccccc1-2.c1ccc(Oc2ccccc2)cc1. The molecule has 3 heteroatoms. The van der Waals surface area contributed by atoms with E-state index in [4.69, 9.17) is 9.47 Å². The van der Waals surface area contributed by atoms with Crippen LogP contribution in [0, 0.1) is 0 Å². The lowest BCUT2D eigenvalue weighted by molar-refractivity contribution is -0.129. The monoisotopic (exact) mass is 406 g/mol. The van der Waals surface area contributed by atoms with Gasteiger partial charge in [0.25, 0.3) is 0 Å². The molecule has 0 N–H and O–H groups in total. The zero-order valence-electron chi connectivity index (χ0n) is 17.0. The molecule has 0 aliphatic heterocycles. The molecule has 0 fully saturated rings. The van der Waals surface area contributed by atoms with Crippen LogP contribution >= 0.6 is 0 Å². The summed E-state index contributed by atoms with van der Waals surface area (Å²) in [5.41, 5.74) is 4.73.